The van der Waals surface area contributed by atoms with Crippen LogP contribution in [0.2, 0.25) is 0 Å². The van der Waals surface area contributed by atoms with Crippen LogP contribution >= 0.6 is 0 Å². The number of hydrogen-bond donors (Lipinski definition) is 2. The molecule has 7 nitrogen and oxygen atoms in total. The summed E-state index contributed by atoms with van der Waals surface area (Å²) in [6, 6.07) is -0.581. The molecule has 116 valence electrons. The summed E-state index contributed by atoms with van der Waals surface area (Å²) in [6.45, 7) is 5.72. The number of rotatable bonds is 7. The highest BCUT2D eigenvalue weighted by Gasteiger charge is 2.18. The van der Waals surface area contributed by atoms with Crippen LogP contribution in [0.4, 0.5) is 9.59 Å². The minimum atomic E-state index is -0.609. The van der Waals surface area contributed by atoms with Crippen molar-refractivity contribution in [1.29, 1.82) is 0 Å². The number of alkyl carbamates (subject to hydrolysis) is 2. The maximum absolute atomic E-state index is 11.5. The van der Waals surface area contributed by atoms with Crippen LogP contribution in [0.5, 0.6) is 0 Å². The molecule has 0 aromatic rings. The lowest BCUT2D eigenvalue weighted by Crippen LogP contribution is -2.40. The first-order valence-corrected chi connectivity index (χ1v) is 6.55. The highest BCUT2D eigenvalue weighted by Crippen LogP contribution is 2.07. The van der Waals surface area contributed by atoms with Crippen LogP contribution in [-0.2, 0) is 14.3 Å². The molecule has 0 rings (SSSR count). The van der Waals surface area contributed by atoms with E-state index in [0.29, 0.717) is 32.1 Å². The molecule has 20 heavy (non-hydrogen) atoms. The Kier molecular flexibility index (Phi) is 8.35. The molecule has 0 spiro atoms. The van der Waals surface area contributed by atoms with E-state index < -0.39 is 23.8 Å². The predicted octanol–water partition coefficient (Wildman–Crippen LogP) is 1.60. The number of aldehydes is 1. The maximum atomic E-state index is 11.5. The quantitative estimate of drug-likeness (QED) is 0.548. The Bertz CT molecular complexity index is 325. The lowest BCUT2D eigenvalue weighted by Gasteiger charge is -2.21. The number of hydrogen-bond acceptors (Lipinski definition) is 5. The third-order valence-corrected chi connectivity index (χ3v) is 2.26. The Hall–Kier alpha value is -1.79. The van der Waals surface area contributed by atoms with E-state index >= 15 is 0 Å². The van der Waals surface area contributed by atoms with Crippen molar-refractivity contribution >= 4 is 18.5 Å². The van der Waals surface area contributed by atoms with Gasteiger partial charge in [-0.25, -0.2) is 9.59 Å². The number of unbranched alkanes of at least 4 members (excludes halogenated alkanes) is 1. The third-order valence-electron chi connectivity index (χ3n) is 2.26. The lowest BCUT2D eigenvalue weighted by molar-refractivity contribution is -0.109. The summed E-state index contributed by atoms with van der Waals surface area (Å²) in [5.41, 5.74) is -0.595. The summed E-state index contributed by atoms with van der Waals surface area (Å²) >= 11 is 0. The number of nitrogens with one attached hydrogen (secondary N) is 2. The highest BCUT2D eigenvalue weighted by atomic mass is 16.6. The molecular weight excluding hydrogens is 264 g/mol. The molecule has 0 aromatic carbocycles. The smallest absolute Gasteiger partial charge is 0.408 e. The molecule has 0 aliphatic rings. The molecule has 0 fully saturated rings. The summed E-state index contributed by atoms with van der Waals surface area (Å²) in [5.74, 6) is 0. The van der Waals surface area contributed by atoms with Crippen molar-refractivity contribution in [3.63, 3.8) is 0 Å². The zero-order valence-electron chi connectivity index (χ0n) is 12.5. The van der Waals surface area contributed by atoms with E-state index in [1.807, 2.05) is 0 Å². The van der Waals surface area contributed by atoms with Crippen LogP contribution in [0.25, 0.3) is 0 Å². The van der Waals surface area contributed by atoms with Crippen LogP contribution in [0.3, 0.4) is 0 Å². The van der Waals surface area contributed by atoms with Crippen molar-refractivity contribution in [2.45, 2.75) is 51.7 Å². The van der Waals surface area contributed by atoms with E-state index in [2.05, 4.69) is 15.4 Å². The Morgan fingerprint density at radius 3 is 2.35 bits per heavy atom. The first-order chi connectivity index (χ1) is 9.28. The molecule has 0 saturated carbocycles. The second-order valence-electron chi connectivity index (χ2n) is 5.30. The SMILES string of the molecule is COC(=O)NCCCC[C@@H](C=O)NC(=O)OC(C)(C)C. The fraction of sp³-hybridized carbons (Fsp3) is 0.769. The molecule has 0 aliphatic heterocycles. The van der Waals surface area contributed by atoms with Crippen LogP contribution in [0.1, 0.15) is 40.0 Å². The number of carbonyl (C=O) groups is 3. The molecule has 1 atom stereocenters. The molecule has 0 radical (unpaired) electrons. The Morgan fingerprint density at radius 1 is 1.20 bits per heavy atom. The van der Waals surface area contributed by atoms with Crippen LogP contribution in [-0.4, -0.2) is 43.8 Å². The van der Waals surface area contributed by atoms with Crippen molar-refractivity contribution in [3.8, 4) is 0 Å². The van der Waals surface area contributed by atoms with Crippen molar-refractivity contribution in [3.05, 3.63) is 0 Å². The number of amides is 2. The topological polar surface area (TPSA) is 93.7 Å². The Balaban J connectivity index is 3.85. The van der Waals surface area contributed by atoms with Gasteiger partial charge in [-0.05, 0) is 40.0 Å². The first-order valence-electron chi connectivity index (χ1n) is 6.55. The van der Waals surface area contributed by atoms with Crippen molar-refractivity contribution < 1.29 is 23.9 Å². The summed E-state index contributed by atoms with van der Waals surface area (Å²) in [5, 5.41) is 5.03. The minimum Gasteiger partial charge on any atom is -0.453 e. The van der Waals surface area contributed by atoms with Gasteiger partial charge in [-0.2, -0.15) is 0 Å². The molecule has 2 amide bonds. The van der Waals surface area contributed by atoms with Gasteiger partial charge in [0, 0.05) is 6.54 Å². The molecule has 0 saturated heterocycles. The van der Waals surface area contributed by atoms with E-state index in [4.69, 9.17) is 4.74 Å². The van der Waals surface area contributed by atoms with Gasteiger partial charge in [0.2, 0.25) is 0 Å². The van der Waals surface area contributed by atoms with Crippen molar-refractivity contribution in [1.82, 2.24) is 10.6 Å². The van der Waals surface area contributed by atoms with E-state index in [9.17, 15) is 14.4 Å². The van der Waals surface area contributed by atoms with Gasteiger partial charge in [-0.1, -0.05) is 0 Å². The molecular formula is C13H24N2O5. The monoisotopic (exact) mass is 288 g/mol. The second-order valence-corrected chi connectivity index (χ2v) is 5.30. The zero-order valence-corrected chi connectivity index (χ0v) is 12.5. The maximum Gasteiger partial charge on any atom is 0.408 e. The number of carbonyl (C=O) groups excluding carboxylic acids is 3. The van der Waals surface area contributed by atoms with Crippen LogP contribution < -0.4 is 10.6 Å². The number of ether oxygens (including phenoxy) is 2. The third kappa shape index (κ3) is 10.2. The molecule has 0 aliphatic carbocycles. The van der Waals surface area contributed by atoms with Gasteiger partial charge >= 0.3 is 12.2 Å². The normalized spacial score (nSPS) is 12.2. The lowest BCUT2D eigenvalue weighted by atomic mass is 10.1. The molecule has 2 N–H and O–H groups in total. The van der Waals surface area contributed by atoms with E-state index in [1.165, 1.54) is 7.11 Å². The molecule has 0 heterocycles. The molecule has 0 unspecified atom stereocenters. The number of methoxy groups -OCH3 is 1. The average Bonchev–Trinajstić information content (AvgIpc) is 2.34. The van der Waals surface area contributed by atoms with Crippen molar-refractivity contribution in [2.75, 3.05) is 13.7 Å². The van der Waals surface area contributed by atoms with Gasteiger partial charge in [0.15, 0.2) is 0 Å². The molecule has 7 heteroatoms. The van der Waals surface area contributed by atoms with Gasteiger partial charge in [0.1, 0.15) is 11.9 Å². The average molecular weight is 288 g/mol. The Morgan fingerprint density at radius 2 is 1.85 bits per heavy atom. The van der Waals surface area contributed by atoms with E-state index in [-0.39, 0.29) is 0 Å². The predicted molar refractivity (Wildman–Crippen MR) is 73.5 cm³/mol. The molecule has 0 aromatic heterocycles. The minimum absolute atomic E-state index is 0.463. The van der Waals surface area contributed by atoms with Crippen molar-refractivity contribution in [2.24, 2.45) is 0 Å². The van der Waals surface area contributed by atoms with E-state index in [0.717, 1.165) is 0 Å². The molecule has 0 bridgehead atoms. The first kappa shape index (κ1) is 18.2. The van der Waals surface area contributed by atoms with Gasteiger partial charge < -0.3 is 24.9 Å². The summed E-state index contributed by atoms with van der Waals surface area (Å²) in [6.07, 6.45) is 1.45. The highest BCUT2D eigenvalue weighted by molar-refractivity contribution is 5.73. The van der Waals surface area contributed by atoms with Gasteiger partial charge in [0.05, 0.1) is 13.2 Å². The largest absolute Gasteiger partial charge is 0.453 e. The van der Waals surface area contributed by atoms with Gasteiger partial charge in [-0.3, -0.25) is 0 Å². The summed E-state index contributed by atoms with van der Waals surface area (Å²) in [4.78, 5) is 33.1. The fourth-order valence-electron chi connectivity index (χ4n) is 1.39. The second kappa shape index (κ2) is 9.17. The van der Waals surface area contributed by atoms with Gasteiger partial charge in [0.25, 0.3) is 0 Å². The van der Waals surface area contributed by atoms with Crippen LogP contribution in [0.15, 0.2) is 0 Å². The van der Waals surface area contributed by atoms with Crippen LogP contribution in [0, 0.1) is 0 Å². The Labute approximate surface area is 119 Å². The summed E-state index contributed by atoms with van der Waals surface area (Å²) in [7, 11) is 1.29. The standard InChI is InChI=1S/C13H24N2O5/c1-13(2,3)20-12(18)15-10(9-16)7-5-6-8-14-11(17)19-4/h9-10H,5-8H2,1-4H3,(H,14,17)(H,15,18)/t10-/m0/s1. The summed E-state index contributed by atoms with van der Waals surface area (Å²) < 4.78 is 9.48. The van der Waals surface area contributed by atoms with E-state index in [1.54, 1.807) is 20.8 Å². The zero-order chi connectivity index (χ0) is 15.6. The fourth-order valence-corrected chi connectivity index (χ4v) is 1.39. The van der Waals surface area contributed by atoms with Gasteiger partial charge in [-0.15, -0.1) is 0 Å².